The third kappa shape index (κ3) is 2.79. The second-order valence-electron chi connectivity index (χ2n) is 1.68. The average molecular weight is 185 g/mol. The van der Waals surface area contributed by atoms with Gasteiger partial charge in [0.1, 0.15) is 0 Å². The van der Waals surface area contributed by atoms with Gasteiger partial charge in [-0.05, 0) is 0 Å². The summed E-state index contributed by atoms with van der Waals surface area (Å²) in [7, 11) is 0. The van der Waals surface area contributed by atoms with E-state index in [0.717, 1.165) is 0 Å². The van der Waals surface area contributed by atoms with E-state index in [2.05, 4.69) is 15.9 Å². The summed E-state index contributed by atoms with van der Waals surface area (Å²) in [6, 6.07) is 0. The Hall–Kier alpha value is -0.720. The Morgan fingerprint density at radius 3 is 2.73 bits per heavy atom. The minimum absolute atomic E-state index is 0.537. The third-order valence-electron chi connectivity index (χ3n) is 0.881. The highest BCUT2D eigenvalue weighted by Gasteiger charge is 1.94. The van der Waals surface area contributed by atoms with Crippen molar-refractivity contribution in [3.05, 3.63) is 17.4 Å². The number of nitrogens with zero attached hydrogens (tertiary/aromatic N) is 2. The lowest BCUT2D eigenvalue weighted by atomic mass is 10.7. The first-order valence-corrected chi connectivity index (χ1v) is 4.23. The zero-order valence-corrected chi connectivity index (χ0v) is 7.19. The molecule has 0 aliphatic carbocycles. The van der Waals surface area contributed by atoms with Crippen molar-refractivity contribution in [3.8, 4) is 12.3 Å². The Morgan fingerprint density at radius 2 is 2.18 bits per heavy atom. The van der Waals surface area contributed by atoms with Crippen LogP contribution in [0.15, 0.2) is 17.6 Å². The van der Waals surface area contributed by atoms with E-state index < -0.39 is 0 Å². The van der Waals surface area contributed by atoms with Gasteiger partial charge in [-0.25, -0.2) is 9.97 Å². The van der Waals surface area contributed by atoms with E-state index in [9.17, 15) is 0 Å². The van der Waals surface area contributed by atoms with Gasteiger partial charge in [0.05, 0.1) is 23.2 Å². The lowest BCUT2D eigenvalue weighted by Crippen LogP contribution is -1.84. The highest BCUT2D eigenvalue weighted by molar-refractivity contribution is 7.99. The lowest BCUT2D eigenvalue weighted by molar-refractivity contribution is 0.969. The van der Waals surface area contributed by atoms with Crippen LogP contribution in [0.4, 0.5) is 0 Å². The molecule has 0 atom stereocenters. The summed E-state index contributed by atoms with van der Waals surface area (Å²) < 4.78 is 0. The Balaban J connectivity index is 2.60. The van der Waals surface area contributed by atoms with Crippen LogP contribution in [0.2, 0.25) is 5.02 Å². The van der Waals surface area contributed by atoms with Gasteiger partial charge in [0, 0.05) is 0 Å². The van der Waals surface area contributed by atoms with E-state index in [0.29, 0.717) is 15.9 Å². The van der Waals surface area contributed by atoms with Crippen molar-refractivity contribution in [2.45, 2.75) is 5.16 Å². The van der Waals surface area contributed by atoms with Gasteiger partial charge >= 0.3 is 0 Å². The van der Waals surface area contributed by atoms with Crippen LogP contribution >= 0.6 is 23.4 Å². The van der Waals surface area contributed by atoms with Crippen molar-refractivity contribution in [1.29, 1.82) is 0 Å². The fourth-order valence-corrected chi connectivity index (χ4v) is 1.05. The first-order valence-electron chi connectivity index (χ1n) is 2.86. The zero-order chi connectivity index (χ0) is 8.10. The summed E-state index contributed by atoms with van der Waals surface area (Å²) in [5.74, 6) is 3.07. The minimum atomic E-state index is 0.537. The third-order valence-corrected chi connectivity index (χ3v) is 1.86. The van der Waals surface area contributed by atoms with E-state index in [-0.39, 0.29) is 0 Å². The molecule has 0 N–H and O–H groups in total. The van der Waals surface area contributed by atoms with Crippen molar-refractivity contribution >= 4 is 23.4 Å². The molecular weight excluding hydrogens is 180 g/mol. The molecule has 0 radical (unpaired) electrons. The largest absolute Gasteiger partial charge is 0.230 e. The molecule has 0 bridgehead atoms. The van der Waals surface area contributed by atoms with Gasteiger partial charge in [0.25, 0.3) is 0 Å². The van der Waals surface area contributed by atoms with Crippen LogP contribution in [0.5, 0.6) is 0 Å². The number of halogens is 1. The first kappa shape index (κ1) is 8.38. The van der Waals surface area contributed by atoms with Crippen LogP contribution in [0.25, 0.3) is 0 Å². The van der Waals surface area contributed by atoms with E-state index >= 15 is 0 Å². The molecule has 0 amide bonds. The first-order chi connectivity index (χ1) is 5.33. The summed E-state index contributed by atoms with van der Waals surface area (Å²) in [4.78, 5) is 7.88. The molecule has 1 aromatic heterocycles. The van der Waals surface area contributed by atoms with Crippen LogP contribution in [0, 0.1) is 12.3 Å². The maximum atomic E-state index is 5.57. The summed E-state index contributed by atoms with van der Waals surface area (Å²) in [5, 5.41) is 1.20. The van der Waals surface area contributed by atoms with E-state index in [1.807, 2.05) is 0 Å². The quantitative estimate of drug-likeness (QED) is 0.399. The predicted molar refractivity (Wildman–Crippen MR) is 46.6 cm³/mol. The van der Waals surface area contributed by atoms with Gasteiger partial charge in [0.2, 0.25) is 0 Å². The van der Waals surface area contributed by atoms with Gasteiger partial charge in [0.15, 0.2) is 5.16 Å². The number of thioether (sulfide) groups is 1. The Kier molecular flexibility index (Phi) is 3.21. The summed E-state index contributed by atoms with van der Waals surface area (Å²) in [5.41, 5.74) is 0. The van der Waals surface area contributed by atoms with Crippen LogP contribution < -0.4 is 0 Å². The van der Waals surface area contributed by atoms with Crippen LogP contribution in [0.3, 0.4) is 0 Å². The number of terminal acetylenes is 1. The average Bonchev–Trinajstić information content (AvgIpc) is 2.04. The molecule has 0 fully saturated rings. The molecule has 0 aliphatic rings. The van der Waals surface area contributed by atoms with E-state index in [1.165, 1.54) is 11.8 Å². The molecule has 2 nitrogen and oxygen atoms in total. The monoisotopic (exact) mass is 184 g/mol. The maximum Gasteiger partial charge on any atom is 0.188 e. The zero-order valence-electron chi connectivity index (χ0n) is 5.62. The summed E-state index contributed by atoms with van der Waals surface area (Å²) in [6.07, 6.45) is 8.15. The van der Waals surface area contributed by atoms with Crippen molar-refractivity contribution in [1.82, 2.24) is 9.97 Å². The lowest BCUT2D eigenvalue weighted by Gasteiger charge is -1.93. The second-order valence-corrected chi connectivity index (χ2v) is 3.06. The van der Waals surface area contributed by atoms with Gasteiger partial charge < -0.3 is 0 Å². The normalized spacial score (nSPS) is 9.09. The van der Waals surface area contributed by atoms with Crippen molar-refractivity contribution in [2.75, 3.05) is 5.75 Å². The number of rotatable bonds is 2. The molecular formula is C7H5ClN2S. The van der Waals surface area contributed by atoms with Crippen LogP contribution in [-0.4, -0.2) is 15.7 Å². The van der Waals surface area contributed by atoms with Gasteiger partial charge in [-0.15, -0.1) is 6.42 Å². The SMILES string of the molecule is C#CCSc1ncc(Cl)cn1. The highest BCUT2D eigenvalue weighted by Crippen LogP contribution is 2.12. The van der Waals surface area contributed by atoms with Crippen molar-refractivity contribution in [2.24, 2.45) is 0 Å². The number of hydrogen-bond donors (Lipinski definition) is 0. The molecule has 0 spiro atoms. The Labute approximate surface area is 74.4 Å². The molecule has 0 unspecified atom stereocenters. The molecule has 0 aromatic carbocycles. The molecule has 4 heteroatoms. The molecule has 0 saturated heterocycles. The van der Waals surface area contributed by atoms with Gasteiger partial charge in [-0.1, -0.05) is 29.3 Å². The molecule has 0 saturated carbocycles. The molecule has 56 valence electrons. The Morgan fingerprint density at radius 1 is 1.55 bits per heavy atom. The van der Waals surface area contributed by atoms with Gasteiger partial charge in [-0.2, -0.15) is 0 Å². The number of hydrogen-bond acceptors (Lipinski definition) is 3. The van der Waals surface area contributed by atoms with Crippen LogP contribution in [0.1, 0.15) is 0 Å². The molecule has 0 aliphatic heterocycles. The smallest absolute Gasteiger partial charge is 0.188 e. The highest BCUT2D eigenvalue weighted by atomic mass is 35.5. The molecule has 1 aromatic rings. The fourth-order valence-electron chi connectivity index (χ4n) is 0.481. The van der Waals surface area contributed by atoms with E-state index in [4.69, 9.17) is 18.0 Å². The van der Waals surface area contributed by atoms with Crippen molar-refractivity contribution < 1.29 is 0 Å². The van der Waals surface area contributed by atoms with E-state index in [1.54, 1.807) is 12.4 Å². The standard InChI is InChI=1S/C7H5ClN2S/c1-2-3-11-7-9-4-6(8)5-10-7/h1,4-5H,3H2. The molecule has 1 rings (SSSR count). The predicted octanol–water partition coefficient (Wildman–Crippen LogP) is 1.86. The molecule has 1 heterocycles. The second kappa shape index (κ2) is 4.22. The Bertz CT molecular complexity index is 265. The molecule has 11 heavy (non-hydrogen) atoms. The summed E-state index contributed by atoms with van der Waals surface area (Å²) >= 11 is 6.98. The topological polar surface area (TPSA) is 25.8 Å². The fraction of sp³-hybridized carbons (Fsp3) is 0.143. The van der Waals surface area contributed by atoms with Crippen LogP contribution in [-0.2, 0) is 0 Å². The van der Waals surface area contributed by atoms with Gasteiger partial charge in [-0.3, -0.25) is 0 Å². The summed E-state index contributed by atoms with van der Waals surface area (Å²) in [6.45, 7) is 0. The van der Waals surface area contributed by atoms with Crippen molar-refractivity contribution in [3.63, 3.8) is 0 Å². The number of aromatic nitrogens is 2. The maximum absolute atomic E-state index is 5.57. The minimum Gasteiger partial charge on any atom is -0.230 e.